The van der Waals surface area contributed by atoms with Crippen LogP contribution in [0.1, 0.15) is 19.4 Å². The molecule has 1 aliphatic heterocycles. The molecule has 112 valence electrons. The predicted octanol–water partition coefficient (Wildman–Crippen LogP) is 0.276. The van der Waals surface area contributed by atoms with Gasteiger partial charge < -0.3 is 4.74 Å². The summed E-state index contributed by atoms with van der Waals surface area (Å²) in [5.74, 6) is -0.618. The molecule has 1 atom stereocenters. The fraction of sp³-hybridized carbons (Fsp3) is 0.357. The third kappa shape index (κ3) is 3.31. The quantitative estimate of drug-likeness (QED) is 0.766. The average molecular weight is 291 g/mol. The van der Waals surface area contributed by atoms with Gasteiger partial charge in [0.1, 0.15) is 12.3 Å². The number of nitrogens with one attached hydrogen (secondary N) is 2. The van der Waals surface area contributed by atoms with Crippen LogP contribution in [-0.4, -0.2) is 30.4 Å². The number of anilines is 1. The predicted molar refractivity (Wildman–Crippen MR) is 75.6 cm³/mol. The summed E-state index contributed by atoms with van der Waals surface area (Å²) < 4.78 is 5.52. The maximum absolute atomic E-state index is 12.2. The number of benzene rings is 1. The SMILES string of the molecule is CC(=O)NNC(=O)CN1C(=O)C(C)Oc2ccc(C)cc21. The first-order valence-electron chi connectivity index (χ1n) is 6.52. The van der Waals surface area contributed by atoms with Crippen molar-refractivity contribution in [2.75, 3.05) is 11.4 Å². The Morgan fingerprint density at radius 1 is 1.33 bits per heavy atom. The Bertz CT molecular complexity index is 600. The van der Waals surface area contributed by atoms with E-state index in [1.807, 2.05) is 13.0 Å². The number of hydrogen-bond acceptors (Lipinski definition) is 4. The van der Waals surface area contributed by atoms with Crippen LogP contribution in [0.2, 0.25) is 0 Å². The van der Waals surface area contributed by atoms with E-state index >= 15 is 0 Å². The summed E-state index contributed by atoms with van der Waals surface area (Å²) in [4.78, 5) is 36.1. The van der Waals surface area contributed by atoms with Crippen LogP contribution in [-0.2, 0) is 14.4 Å². The van der Waals surface area contributed by atoms with Crippen LogP contribution in [0.15, 0.2) is 18.2 Å². The first-order chi connectivity index (χ1) is 9.88. The number of hydrazine groups is 1. The van der Waals surface area contributed by atoms with Crippen LogP contribution in [0.25, 0.3) is 0 Å². The lowest BCUT2D eigenvalue weighted by molar-refractivity contribution is -0.129. The minimum absolute atomic E-state index is 0.191. The monoisotopic (exact) mass is 291 g/mol. The zero-order chi connectivity index (χ0) is 15.6. The lowest BCUT2D eigenvalue weighted by Crippen LogP contribution is -2.51. The Balaban J connectivity index is 2.21. The summed E-state index contributed by atoms with van der Waals surface area (Å²) in [5.41, 5.74) is 5.93. The summed E-state index contributed by atoms with van der Waals surface area (Å²) in [6, 6.07) is 5.42. The number of carbonyl (C=O) groups excluding carboxylic acids is 3. The number of ether oxygens (including phenoxy) is 1. The normalized spacial score (nSPS) is 16.8. The van der Waals surface area contributed by atoms with Gasteiger partial charge in [0, 0.05) is 6.92 Å². The summed E-state index contributed by atoms with van der Waals surface area (Å²) in [6.07, 6.45) is -0.659. The minimum Gasteiger partial charge on any atom is -0.479 e. The van der Waals surface area contributed by atoms with E-state index in [0.717, 1.165) is 5.56 Å². The van der Waals surface area contributed by atoms with E-state index in [2.05, 4.69) is 10.9 Å². The van der Waals surface area contributed by atoms with Gasteiger partial charge in [-0.3, -0.25) is 30.1 Å². The van der Waals surface area contributed by atoms with E-state index in [1.165, 1.54) is 11.8 Å². The van der Waals surface area contributed by atoms with Gasteiger partial charge in [-0.25, -0.2) is 0 Å². The molecule has 21 heavy (non-hydrogen) atoms. The highest BCUT2D eigenvalue weighted by Gasteiger charge is 2.32. The van der Waals surface area contributed by atoms with E-state index in [-0.39, 0.29) is 18.4 Å². The van der Waals surface area contributed by atoms with Crippen molar-refractivity contribution in [2.24, 2.45) is 0 Å². The smallest absolute Gasteiger partial charge is 0.268 e. The van der Waals surface area contributed by atoms with Crippen LogP contribution in [0, 0.1) is 6.92 Å². The van der Waals surface area contributed by atoms with Gasteiger partial charge in [0.05, 0.1) is 5.69 Å². The van der Waals surface area contributed by atoms with Crippen LogP contribution >= 0.6 is 0 Å². The van der Waals surface area contributed by atoms with Crippen LogP contribution in [0.5, 0.6) is 5.75 Å². The Morgan fingerprint density at radius 2 is 2.05 bits per heavy atom. The van der Waals surface area contributed by atoms with Gasteiger partial charge in [0.15, 0.2) is 6.10 Å². The molecule has 7 nitrogen and oxygen atoms in total. The maximum Gasteiger partial charge on any atom is 0.268 e. The van der Waals surface area contributed by atoms with Crippen molar-refractivity contribution in [1.82, 2.24) is 10.9 Å². The number of hydrogen-bond donors (Lipinski definition) is 2. The fourth-order valence-corrected chi connectivity index (χ4v) is 2.02. The molecule has 0 radical (unpaired) electrons. The molecule has 2 rings (SSSR count). The van der Waals surface area contributed by atoms with E-state index in [1.54, 1.807) is 19.1 Å². The molecule has 1 unspecified atom stereocenters. The number of nitrogens with zero attached hydrogens (tertiary/aromatic N) is 1. The summed E-state index contributed by atoms with van der Waals surface area (Å²) in [7, 11) is 0. The third-order valence-electron chi connectivity index (χ3n) is 3.00. The average Bonchev–Trinajstić information content (AvgIpc) is 2.42. The van der Waals surface area contributed by atoms with Crippen molar-refractivity contribution in [3.8, 4) is 5.75 Å². The Labute approximate surface area is 122 Å². The molecular formula is C14H17N3O4. The molecule has 0 saturated carbocycles. The van der Waals surface area contributed by atoms with Crippen molar-refractivity contribution < 1.29 is 19.1 Å². The minimum atomic E-state index is -0.659. The van der Waals surface area contributed by atoms with Gasteiger partial charge in [-0.15, -0.1) is 0 Å². The molecule has 1 aliphatic rings. The second-order valence-electron chi connectivity index (χ2n) is 4.89. The molecule has 0 fully saturated rings. The van der Waals surface area contributed by atoms with E-state index < -0.39 is 12.0 Å². The van der Waals surface area contributed by atoms with Crippen LogP contribution in [0.4, 0.5) is 5.69 Å². The Morgan fingerprint density at radius 3 is 2.71 bits per heavy atom. The zero-order valence-electron chi connectivity index (χ0n) is 12.1. The summed E-state index contributed by atoms with van der Waals surface area (Å²) in [5, 5.41) is 0. The zero-order valence-corrected chi connectivity index (χ0v) is 12.1. The molecular weight excluding hydrogens is 274 g/mol. The molecule has 0 saturated heterocycles. The number of amides is 3. The van der Waals surface area contributed by atoms with E-state index in [9.17, 15) is 14.4 Å². The van der Waals surface area contributed by atoms with Crippen LogP contribution in [0.3, 0.4) is 0 Å². The molecule has 3 amide bonds. The van der Waals surface area contributed by atoms with E-state index in [0.29, 0.717) is 11.4 Å². The Hall–Kier alpha value is -2.57. The van der Waals surface area contributed by atoms with Crippen molar-refractivity contribution in [2.45, 2.75) is 26.9 Å². The highest BCUT2D eigenvalue weighted by molar-refractivity contribution is 6.03. The summed E-state index contributed by atoms with van der Waals surface area (Å²) in [6.45, 7) is 4.60. The first kappa shape index (κ1) is 14.8. The molecule has 1 aromatic carbocycles. The van der Waals surface area contributed by atoms with E-state index in [4.69, 9.17) is 4.74 Å². The number of aryl methyl sites for hydroxylation is 1. The summed E-state index contributed by atoms with van der Waals surface area (Å²) >= 11 is 0. The van der Waals surface area contributed by atoms with Crippen molar-refractivity contribution >= 4 is 23.4 Å². The second kappa shape index (κ2) is 5.82. The number of fused-ring (bicyclic) bond motifs is 1. The second-order valence-corrected chi connectivity index (χ2v) is 4.89. The van der Waals surface area contributed by atoms with Crippen molar-refractivity contribution in [3.05, 3.63) is 23.8 Å². The number of rotatable bonds is 2. The lowest BCUT2D eigenvalue weighted by Gasteiger charge is -2.32. The Kier molecular flexibility index (Phi) is 4.11. The molecule has 0 spiro atoms. The van der Waals surface area contributed by atoms with Crippen molar-refractivity contribution in [3.63, 3.8) is 0 Å². The van der Waals surface area contributed by atoms with Gasteiger partial charge in [-0.05, 0) is 31.5 Å². The first-order valence-corrected chi connectivity index (χ1v) is 6.52. The molecule has 1 aromatic rings. The van der Waals surface area contributed by atoms with Gasteiger partial charge in [0.2, 0.25) is 5.91 Å². The van der Waals surface area contributed by atoms with Gasteiger partial charge in [-0.2, -0.15) is 0 Å². The van der Waals surface area contributed by atoms with Gasteiger partial charge >= 0.3 is 0 Å². The number of carbonyl (C=O) groups is 3. The fourth-order valence-electron chi connectivity index (χ4n) is 2.02. The largest absolute Gasteiger partial charge is 0.479 e. The molecule has 0 aliphatic carbocycles. The maximum atomic E-state index is 12.2. The van der Waals surface area contributed by atoms with Gasteiger partial charge in [0.25, 0.3) is 11.8 Å². The van der Waals surface area contributed by atoms with Crippen LogP contribution < -0.4 is 20.5 Å². The standard InChI is InChI=1S/C14H17N3O4/c1-8-4-5-12-11(6-8)17(14(20)9(2)21-12)7-13(19)16-15-10(3)18/h4-6,9H,7H2,1-3H3,(H,15,18)(H,16,19). The lowest BCUT2D eigenvalue weighted by atomic mass is 10.1. The molecule has 1 heterocycles. The molecule has 2 N–H and O–H groups in total. The van der Waals surface area contributed by atoms with Gasteiger partial charge in [-0.1, -0.05) is 6.07 Å². The highest BCUT2D eigenvalue weighted by atomic mass is 16.5. The molecule has 0 aromatic heterocycles. The molecule has 7 heteroatoms. The molecule has 0 bridgehead atoms. The highest BCUT2D eigenvalue weighted by Crippen LogP contribution is 2.34. The topological polar surface area (TPSA) is 87.7 Å². The third-order valence-corrected chi connectivity index (χ3v) is 3.00. The van der Waals surface area contributed by atoms with Crippen molar-refractivity contribution in [1.29, 1.82) is 0 Å².